The second kappa shape index (κ2) is 3.09. The van der Waals surface area contributed by atoms with Crippen LogP contribution in [0, 0.1) is 0 Å². The Morgan fingerprint density at radius 3 is 3.00 bits per heavy atom. The molecule has 0 saturated carbocycles. The fraction of sp³-hybridized carbons (Fsp3) is 0.556. The number of hydrogen-bond donors (Lipinski definition) is 0. The van der Waals surface area contributed by atoms with E-state index < -0.39 is 0 Å². The lowest BCUT2D eigenvalue weighted by Crippen LogP contribution is -2.07. The highest BCUT2D eigenvalue weighted by molar-refractivity contribution is 5.21. The Bertz CT molecular complexity index is 286. The second-order valence-electron chi connectivity index (χ2n) is 3.04. The number of methoxy groups -OCH3 is 1. The summed E-state index contributed by atoms with van der Waals surface area (Å²) in [5.41, 5.74) is 2.47. The van der Waals surface area contributed by atoms with E-state index in [1.165, 1.54) is 24.1 Å². The Morgan fingerprint density at radius 1 is 1.33 bits per heavy atom. The first-order valence-corrected chi connectivity index (χ1v) is 4.29. The Kier molecular flexibility index (Phi) is 1.94. The molecular weight excluding hydrogens is 152 g/mol. The van der Waals surface area contributed by atoms with Crippen molar-refractivity contribution < 1.29 is 4.74 Å². The molecule has 1 aromatic rings. The summed E-state index contributed by atoms with van der Waals surface area (Å²) in [6.45, 7) is 0. The van der Waals surface area contributed by atoms with Crippen molar-refractivity contribution in [1.82, 2.24) is 9.97 Å². The number of aryl methyl sites for hydroxylation is 2. The van der Waals surface area contributed by atoms with Gasteiger partial charge in [-0.1, -0.05) is 0 Å². The van der Waals surface area contributed by atoms with E-state index in [4.69, 9.17) is 4.74 Å². The summed E-state index contributed by atoms with van der Waals surface area (Å²) in [4.78, 5) is 8.38. The lowest BCUT2D eigenvalue weighted by molar-refractivity contribution is 0.376. The van der Waals surface area contributed by atoms with Gasteiger partial charge in [-0.05, 0) is 31.2 Å². The molecule has 0 saturated heterocycles. The molecule has 0 radical (unpaired) electrons. The van der Waals surface area contributed by atoms with Crippen LogP contribution in [0.2, 0.25) is 0 Å². The van der Waals surface area contributed by atoms with Gasteiger partial charge in [0.1, 0.15) is 0 Å². The van der Waals surface area contributed by atoms with Gasteiger partial charge in [-0.2, -0.15) is 4.98 Å². The van der Waals surface area contributed by atoms with Gasteiger partial charge in [0, 0.05) is 6.20 Å². The molecule has 1 aliphatic rings. The van der Waals surface area contributed by atoms with Crippen LogP contribution in [0.25, 0.3) is 0 Å². The largest absolute Gasteiger partial charge is 0.467 e. The molecule has 0 bridgehead atoms. The zero-order valence-electron chi connectivity index (χ0n) is 7.21. The van der Waals surface area contributed by atoms with E-state index in [9.17, 15) is 0 Å². The standard InChI is InChI=1S/C9H12N2O/c1-12-9-10-6-7-4-2-3-5-8(7)11-9/h6H,2-5H2,1H3. The van der Waals surface area contributed by atoms with Crippen LogP contribution in [-0.2, 0) is 12.8 Å². The third kappa shape index (κ3) is 1.26. The predicted octanol–water partition coefficient (Wildman–Crippen LogP) is 1.36. The number of nitrogens with zero attached hydrogens (tertiary/aromatic N) is 2. The van der Waals surface area contributed by atoms with Crippen molar-refractivity contribution in [3.8, 4) is 6.01 Å². The van der Waals surface area contributed by atoms with Gasteiger partial charge in [0.15, 0.2) is 0 Å². The molecule has 0 N–H and O–H groups in total. The maximum Gasteiger partial charge on any atom is 0.316 e. The van der Waals surface area contributed by atoms with Gasteiger partial charge in [-0.3, -0.25) is 0 Å². The van der Waals surface area contributed by atoms with Crippen molar-refractivity contribution in [2.45, 2.75) is 25.7 Å². The normalized spacial score (nSPS) is 15.4. The summed E-state index contributed by atoms with van der Waals surface area (Å²) in [5.74, 6) is 0. The van der Waals surface area contributed by atoms with Crippen molar-refractivity contribution in [3.63, 3.8) is 0 Å². The van der Waals surface area contributed by atoms with Crippen molar-refractivity contribution in [3.05, 3.63) is 17.5 Å². The summed E-state index contributed by atoms with van der Waals surface area (Å²) in [6, 6.07) is 0.496. The summed E-state index contributed by atoms with van der Waals surface area (Å²) in [5, 5.41) is 0. The molecule has 3 heteroatoms. The molecule has 0 fully saturated rings. The van der Waals surface area contributed by atoms with E-state index in [0.717, 1.165) is 12.8 Å². The van der Waals surface area contributed by atoms with E-state index in [1.807, 2.05) is 6.20 Å². The minimum atomic E-state index is 0.496. The molecule has 1 aliphatic carbocycles. The van der Waals surface area contributed by atoms with E-state index in [2.05, 4.69) is 9.97 Å². The van der Waals surface area contributed by atoms with Crippen LogP contribution in [-0.4, -0.2) is 17.1 Å². The summed E-state index contributed by atoms with van der Waals surface area (Å²) in [7, 11) is 1.60. The van der Waals surface area contributed by atoms with Crippen LogP contribution in [0.4, 0.5) is 0 Å². The molecule has 0 atom stereocenters. The fourth-order valence-electron chi connectivity index (χ4n) is 1.56. The molecule has 0 amide bonds. The van der Waals surface area contributed by atoms with Gasteiger partial charge in [0.2, 0.25) is 0 Å². The molecule has 2 rings (SSSR count). The van der Waals surface area contributed by atoms with E-state index in [0.29, 0.717) is 6.01 Å². The minimum Gasteiger partial charge on any atom is -0.467 e. The topological polar surface area (TPSA) is 35.0 Å². The Hall–Kier alpha value is -1.12. The predicted molar refractivity (Wildman–Crippen MR) is 45.2 cm³/mol. The summed E-state index contributed by atoms with van der Waals surface area (Å²) < 4.78 is 4.96. The molecular formula is C9H12N2O. The highest BCUT2D eigenvalue weighted by atomic mass is 16.5. The molecule has 1 aromatic heterocycles. The zero-order valence-corrected chi connectivity index (χ0v) is 7.21. The third-order valence-corrected chi connectivity index (χ3v) is 2.22. The number of aromatic nitrogens is 2. The van der Waals surface area contributed by atoms with E-state index in [1.54, 1.807) is 7.11 Å². The molecule has 64 valence electrons. The minimum absolute atomic E-state index is 0.496. The molecule has 3 nitrogen and oxygen atoms in total. The first-order chi connectivity index (χ1) is 5.90. The first kappa shape index (κ1) is 7.53. The maximum absolute atomic E-state index is 4.96. The third-order valence-electron chi connectivity index (χ3n) is 2.22. The number of hydrogen-bond acceptors (Lipinski definition) is 3. The summed E-state index contributed by atoms with van der Waals surface area (Å²) in [6.07, 6.45) is 6.60. The van der Waals surface area contributed by atoms with Crippen molar-refractivity contribution in [2.24, 2.45) is 0 Å². The van der Waals surface area contributed by atoms with Gasteiger partial charge >= 0.3 is 6.01 Å². The Labute approximate surface area is 71.8 Å². The second-order valence-corrected chi connectivity index (χ2v) is 3.04. The van der Waals surface area contributed by atoms with Crippen LogP contribution in [0.15, 0.2) is 6.20 Å². The number of ether oxygens (including phenoxy) is 1. The van der Waals surface area contributed by atoms with E-state index in [-0.39, 0.29) is 0 Å². The van der Waals surface area contributed by atoms with Crippen LogP contribution >= 0.6 is 0 Å². The first-order valence-electron chi connectivity index (χ1n) is 4.29. The van der Waals surface area contributed by atoms with Gasteiger partial charge < -0.3 is 4.74 Å². The highest BCUT2D eigenvalue weighted by Crippen LogP contribution is 2.19. The van der Waals surface area contributed by atoms with Crippen LogP contribution in [0.3, 0.4) is 0 Å². The number of rotatable bonds is 1. The van der Waals surface area contributed by atoms with Gasteiger partial charge in [-0.15, -0.1) is 0 Å². The highest BCUT2D eigenvalue weighted by Gasteiger charge is 2.11. The van der Waals surface area contributed by atoms with Crippen LogP contribution in [0.1, 0.15) is 24.1 Å². The molecule has 1 heterocycles. The lowest BCUT2D eigenvalue weighted by Gasteiger charge is -2.13. The Morgan fingerprint density at radius 2 is 2.17 bits per heavy atom. The maximum atomic E-state index is 4.96. The fourth-order valence-corrected chi connectivity index (χ4v) is 1.56. The average molecular weight is 164 g/mol. The van der Waals surface area contributed by atoms with E-state index >= 15 is 0 Å². The van der Waals surface area contributed by atoms with Gasteiger partial charge in [0.25, 0.3) is 0 Å². The number of fused-ring (bicyclic) bond motifs is 1. The lowest BCUT2D eigenvalue weighted by atomic mass is 9.98. The van der Waals surface area contributed by atoms with Crippen LogP contribution in [0.5, 0.6) is 6.01 Å². The van der Waals surface area contributed by atoms with Gasteiger partial charge in [0.05, 0.1) is 12.8 Å². The van der Waals surface area contributed by atoms with Crippen molar-refractivity contribution in [2.75, 3.05) is 7.11 Å². The SMILES string of the molecule is COc1ncc2c(n1)CCCC2. The zero-order chi connectivity index (χ0) is 8.39. The van der Waals surface area contributed by atoms with Crippen LogP contribution < -0.4 is 4.74 Å². The Balaban J connectivity index is 2.36. The molecule has 0 unspecified atom stereocenters. The smallest absolute Gasteiger partial charge is 0.316 e. The van der Waals surface area contributed by atoms with Crippen molar-refractivity contribution >= 4 is 0 Å². The molecule has 0 aromatic carbocycles. The summed E-state index contributed by atoms with van der Waals surface area (Å²) >= 11 is 0. The molecule has 0 spiro atoms. The molecule has 12 heavy (non-hydrogen) atoms. The monoisotopic (exact) mass is 164 g/mol. The van der Waals surface area contributed by atoms with Gasteiger partial charge in [-0.25, -0.2) is 4.98 Å². The van der Waals surface area contributed by atoms with Crippen molar-refractivity contribution in [1.29, 1.82) is 0 Å². The quantitative estimate of drug-likeness (QED) is 0.628. The molecule has 0 aliphatic heterocycles. The average Bonchev–Trinajstić information content (AvgIpc) is 2.17.